The third kappa shape index (κ3) is 4.95. The van der Waals surface area contributed by atoms with Gasteiger partial charge in [0.05, 0.1) is 22.2 Å². The normalized spacial score (nSPS) is 26.9. The predicted molar refractivity (Wildman–Crippen MR) is 116 cm³/mol. The minimum Gasteiger partial charge on any atom is -0.393 e. The van der Waals surface area contributed by atoms with Gasteiger partial charge in [-0.2, -0.15) is 0 Å². The summed E-state index contributed by atoms with van der Waals surface area (Å²) in [5.41, 5.74) is 1.08. The van der Waals surface area contributed by atoms with E-state index in [2.05, 4.69) is 30.9 Å². The molecule has 1 atom stereocenters. The smallest absolute Gasteiger partial charge is 0.240 e. The van der Waals surface area contributed by atoms with Crippen LogP contribution in [0.1, 0.15) is 44.6 Å². The zero-order valence-electron chi connectivity index (χ0n) is 17.2. The molecule has 1 aromatic rings. The van der Waals surface area contributed by atoms with E-state index in [0.717, 1.165) is 25.1 Å². The number of nitrogens with one attached hydrogen (secondary N) is 2. The number of hydrogen-bond donors (Lipinski definition) is 3. The number of aryl methyl sites for hydroxylation is 1. The maximum absolute atomic E-state index is 13.0. The molecule has 0 spiro atoms. The van der Waals surface area contributed by atoms with E-state index >= 15 is 0 Å². The van der Waals surface area contributed by atoms with E-state index in [9.17, 15) is 18.3 Å². The van der Waals surface area contributed by atoms with Gasteiger partial charge >= 0.3 is 0 Å². The third-order valence-electron chi connectivity index (χ3n) is 6.20. The summed E-state index contributed by atoms with van der Waals surface area (Å²) in [5, 5.41) is 12.4. The molecule has 7 nitrogen and oxygen atoms in total. The molecular formula is C20H30BrN3O4S. The number of anilines is 1. The van der Waals surface area contributed by atoms with Gasteiger partial charge in [0.2, 0.25) is 15.9 Å². The van der Waals surface area contributed by atoms with Crippen LogP contribution in [0.5, 0.6) is 0 Å². The van der Waals surface area contributed by atoms with Gasteiger partial charge in [-0.25, -0.2) is 13.1 Å². The lowest BCUT2D eigenvalue weighted by Gasteiger charge is -2.35. The van der Waals surface area contributed by atoms with E-state index in [1.165, 1.54) is 0 Å². The Bertz CT molecular complexity index is 886. The van der Waals surface area contributed by atoms with Gasteiger partial charge in [0.25, 0.3) is 0 Å². The Kier molecular flexibility index (Phi) is 6.62. The molecule has 3 rings (SSSR count). The molecule has 1 aromatic carbocycles. The second-order valence-electron chi connectivity index (χ2n) is 8.45. The Hall–Kier alpha value is -1.16. The minimum absolute atomic E-state index is 0.0312. The summed E-state index contributed by atoms with van der Waals surface area (Å²) < 4.78 is 29.3. The molecule has 9 heteroatoms. The number of rotatable bonds is 8. The lowest BCUT2D eigenvalue weighted by Crippen LogP contribution is -2.50. The Balaban J connectivity index is 1.74. The Morgan fingerprint density at radius 3 is 2.62 bits per heavy atom. The number of aliphatic hydroxyl groups excluding tert-OH is 1. The van der Waals surface area contributed by atoms with Crippen molar-refractivity contribution in [1.29, 1.82) is 0 Å². The second kappa shape index (κ2) is 8.53. The third-order valence-corrected chi connectivity index (χ3v) is 8.38. The molecule has 1 unspecified atom stereocenters. The number of halogens is 1. The first-order chi connectivity index (χ1) is 13.5. The molecule has 0 aromatic heterocycles. The van der Waals surface area contributed by atoms with E-state index in [-0.39, 0.29) is 23.5 Å². The van der Waals surface area contributed by atoms with Crippen LogP contribution in [0.2, 0.25) is 0 Å². The van der Waals surface area contributed by atoms with Gasteiger partial charge < -0.3 is 15.3 Å². The van der Waals surface area contributed by atoms with Crippen molar-refractivity contribution in [2.45, 2.75) is 62.5 Å². The maximum Gasteiger partial charge on any atom is 0.240 e. The topological polar surface area (TPSA) is 98.7 Å². The largest absolute Gasteiger partial charge is 0.393 e. The first-order valence-corrected chi connectivity index (χ1v) is 12.3. The highest BCUT2D eigenvalue weighted by Gasteiger charge is 2.37. The summed E-state index contributed by atoms with van der Waals surface area (Å²) >= 11 is 3.53. The SMILES string of the molecule is CCC1(CNS(=O)(=O)c2cc(Br)c(N(C)CC3CC(O)C3)cc2C)CCC(=O)N1. The van der Waals surface area contributed by atoms with E-state index in [1.54, 1.807) is 13.0 Å². The van der Waals surface area contributed by atoms with Crippen LogP contribution in [-0.4, -0.2) is 51.2 Å². The Morgan fingerprint density at radius 1 is 1.38 bits per heavy atom. The lowest BCUT2D eigenvalue weighted by atomic mass is 9.82. The van der Waals surface area contributed by atoms with E-state index in [1.807, 2.05) is 20.0 Å². The van der Waals surface area contributed by atoms with Crippen LogP contribution in [-0.2, 0) is 14.8 Å². The van der Waals surface area contributed by atoms with Crippen molar-refractivity contribution in [2.24, 2.45) is 5.92 Å². The van der Waals surface area contributed by atoms with E-state index < -0.39 is 15.6 Å². The van der Waals surface area contributed by atoms with E-state index in [4.69, 9.17) is 0 Å². The van der Waals surface area contributed by atoms with Crippen LogP contribution in [0, 0.1) is 12.8 Å². The van der Waals surface area contributed by atoms with Gasteiger partial charge in [0, 0.05) is 31.0 Å². The number of benzene rings is 1. The van der Waals surface area contributed by atoms with Crippen LogP contribution >= 0.6 is 15.9 Å². The molecule has 162 valence electrons. The highest BCUT2D eigenvalue weighted by Crippen LogP contribution is 2.34. The number of carbonyl (C=O) groups excluding carboxylic acids is 1. The van der Waals surface area contributed by atoms with Crippen molar-refractivity contribution >= 4 is 37.5 Å². The van der Waals surface area contributed by atoms with Crippen molar-refractivity contribution < 1.29 is 18.3 Å². The van der Waals surface area contributed by atoms with Gasteiger partial charge in [-0.05, 0) is 72.2 Å². The minimum atomic E-state index is -3.72. The quantitative estimate of drug-likeness (QED) is 0.522. The van der Waals surface area contributed by atoms with Crippen molar-refractivity contribution in [1.82, 2.24) is 10.0 Å². The first kappa shape index (κ1) is 22.5. The first-order valence-electron chi connectivity index (χ1n) is 10.1. The highest BCUT2D eigenvalue weighted by atomic mass is 79.9. The van der Waals surface area contributed by atoms with Crippen LogP contribution < -0.4 is 14.9 Å². The number of carbonyl (C=O) groups is 1. The summed E-state index contributed by atoms with van der Waals surface area (Å²) in [7, 11) is -1.74. The molecule has 0 radical (unpaired) electrons. The molecule has 2 fully saturated rings. The van der Waals surface area contributed by atoms with Crippen LogP contribution in [0.4, 0.5) is 5.69 Å². The number of sulfonamides is 1. The number of hydrogen-bond acceptors (Lipinski definition) is 5. The van der Waals surface area contributed by atoms with Gasteiger partial charge in [0.1, 0.15) is 0 Å². The average molecular weight is 488 g/mol. The molecule has 1 aliphatic heterocycles. The Labute approximate surface area is 181 Å². The average Bonchev–Trinajstić information content (AvgIpc) is 3.02. The predicted octanol–water partition coefficient (Wildman–Crippen LogP) is 2.30. The summed E-state index contributed by atoms with van der Waals surface area (Å²) in [6, 6.07) is 3.52. The van der Waals surface area contributed by atoms with Crippen molar-refractivity contribution in [2.75, 3.05) is 25.0 Å². The summed E-state index contributed by atoms with van der Waals surface area (Å²) in [5.74, 6) is 0.426. The second-order valence-corrected chi connectivity index (χ2v) is 11.0. The molecule has 1 saturated carbocycles. The molecule has 2 aliphatic rings. The monoisotopic (exact) mass is 487 g/mol. The van der Waals surface area contributed by atoms with Gasteiger partial charge in [0.15, 0.2) is 0 Å². The summed E-state index contributed by atoms with van der Waals surface area (Å²) in [4.78, 5) is 13.9. The fourth-order valence-corrected chi connectivity index (χ4v) is 6.35. The molecule has 1 saturated heterocycles. The van der Waals surface area contributed by atoms with Crippen molar-refractivity contribution in [3.05, 3.63) is 22.2 Å². The van der Waals surface area contributed by atoms with Gasteiger partial charge in [-0.1, -0.05) is 6.92 Å². The molecule has 0 bridgehead atoms. The zero-order chi connectivity index (χ0) is 21.4. The molecule has 1 heterocycles. The lowest BCUT2D eigenvalue weighted by molar-refractivity contribution is -0.119. The van der Waals surface area contributed by atoms with Gasteiger partial charge in [-0.3, -0.25) is 4.79 Å². The molecule has 1 aliphatic carbocycles. The molecular weight excluding hydrogens is 458 g/mol. The molecule has 3 N–H and O–H groups in total. The van der Waals surface area contributed by atoms with Gasteiger partial charge in [-0.15, -0.1) is 0 Å². The standard InChI is InChI=1S/C20H30BrN3O4S/c1-4-20(6-5-19(26)23-20)12-22-29(27,28)18-10-16(21)17(7-13(18)2)24(3)11-14-8-15(25)9-14/h7,10,14-15,22,25H,4-6,8-9,11-12H2,1-3H3,(H,23,26). The summed E-state index contributed by atoms with van der Waals surface area (Å²) in [6.45, 7) is 4.74. The molecule has 1 amide bonds. The van der Waals surface area contributed by atoms with Crippen LogP contribution in [0.15, 0.2) is 21.5 Å². The molecule has 29 heavy (non-hydrogen) atoms. The zero-order valence-corrected chi connectivity index (χ0v) is 19.6. The Morgan fingerprint density at radius 2 is 2.07 bits per heavy atom. The van der Waals surface area contributed by atoms with Crippen LogP contribution in [0.3, 0.4) is 0 Å². The number of amides is 1. The van der Waals surface area contributed by atoms with Crippen molar-refractivity contribution in [3.8, 4) is 0 Å². The van der Waals surface area contributed by atoms with Crippen LogP contribution in [0.25, 0.3) is 0 Å². The maximum atomic E-state index is 13.0. The van der Waals surface area contributed by atoms with Crippen molar-refractivity contribution in [3.63, 3.8) is 0 Å². The number of nitrogens with zero attached hydrogens (tertiary/aromatic N) is 1. The highest BCUT2D eigenvalue weighted by molar-refractivity contribution is 9.10. The fraction of sp³-hybridized carbons (Fsp3) is 0.650. The van der Waals surface area contributed by atoms with E-state index in [0.29, 0.717) is 35.2 Å². The summed E-state index contributed by atoms with van der Waals surface area (Å²) in [6.07, 6.45) is 3.17. The fourth-order valence-electron chi connectivity index (χ4n) is 4.17. The number of aliphatic hydroxyl groups is 1.